The fourth-order valence-electron chi connectivity index (χ4n) is 1.04. The highest BCUT2D eigenvalue weighted by atomic mass is 16.3. The maximum Gasteiger partial charge on any atom is 0.244 e. The van der Waals surface area contributed by atoms with Crippen LogP contribution < -0.4 is 5.32 Å². The first kappa shape index (κ1) is 12.5. The summed E-state index contributed by atoms with van der Waals surface area (Å²) in [7, 11) is 0. The summed E-state index contributed by atoms with van der Waals surface area (Å²) in [6.45, 7) is 1.47. The molecule has 1 aromatic heterocycles. The van der Waals surface area contributed by atoms with E-state index in [0.717, 1.165) is 5.76 Å². The van der Waals surface area contributed by atoms with Crippen LogP contribution in [0.25, 0.3) is 6.08 Å². The van der Waals surface area contributed by atoms with Crippen LogP contribution >= 0.6 is 0 Å². The molecule has 1 rings (SSSR count). The van der Waals surface area contributed by atoms with Crippen LogP contribution in [0.5, 0.6) is 0 Å². The quantitative estimate of drug-likeness (QED) is 0.619. The molecule has 0 bridgehead atoms. The van der Waals surface area contributed by atoms with E-state index < -0.39 is 6.10 Å². The van der Waals surface area contributed by atoms with Crippen LogP contribution in [-0.2, 0) is 4.79 Å². The third kappa shape index (κ3) is 4.29. The van der Waals surface area contributed by atoms with Crippen molar-refractivity contribution in [2.75, 3.05) is 13.2 Å². The zero-order valence-electron chi connectivity index (χ0n) is 9.01. The van der Waals surface area contributed by atoms with Crippen molar-refractivity contribution >= 4 is 12.0 Å². The molecule has 88 valence electrons. The fraction of sp³-hybridized carbons (Fsp3) is 0.364. The van der Waals surface area contributed by atoms with Crippen molar-refractivity contribution in [2.24, 2.45) is 0 Å². The van der Waals surface area contributed by atoms with Crippen LogP contribution in [0.15, 0.2) is 22.6 Å². The van der Waals surface area contributed by atoms with Gasteiger partial charge in [0.1, 0.15) is 11.5 Å². The van der Waals surface area contributed by atoms with Gasteiger partial charge in [0.15, 0.2) is 0 Å². The average Bonchev–Trinajstić information content (AvgIpc) is 2.69. The SMILES string of the molecule is Cc1ccc(C=CC(=O)NCC(O)CO)o1. The summed E-state index contributed by atoms with van der Waals surface area (Å²) < 4.78 is 5.22. The molecule has 0 saturated carbocycles. The second kappa shape index (κ2) is 6.09. The largest absolute Gasteiger partial charge is 0.462 e. The molecule has 1 heterocycles. The zero-order chi connectivity index (χ0) is 12.0. The molecule has 0 aliphatic rings. The molecular formula is C11H15NO4. The number of furan rings is 1. The van der Waals surface area contributed by atoms with Gasteiger partial charge >= 0.3 is 0 Å². The Hall–Kier alpha value is -1.59. The predicted molar refractivity (Wildman–Crippen MR) is 58.6 cm³/mol. The molecule has 3 N–H and O–H groups in total. The van der Waals surface area contributed by atoms with E-state index in [0.29, 0.717) is 5.76 Å². The molecule has 0 aromatic carbocycles. The van der Waals surface area contributed by atoms with E-state index in [1.54, 1.807) is 12.1 Å². The number of aryl methyl sites for hydroxylation is 1. The Morgan fingerprint density at radius 2 is 2.38 bits per heavy atom. The molecule has 5 nitrogen and oxygen atoms in total. The highest BCUT2D eigenvalue weighted by Gasteiger charge is 2.03. The van der Waals surface area contributed by atoms with Crippen molar-refractivity contribution in [3.8, 4) is 0 Å². The maximum absolute atomic E-state index is 11.2. The van der Waals surface area contributed by atoms with Crippen molar-refractivity contribution in [2.45, 2.75) is 13.0 Å². The van der Waals surface area contributed by atoms with E-state index >= 15 is 0 Å². The normalized spacial score (nSPS) is 12.9. The minimum Gasteiger partial charge on any atom is -0.462 e. The van der Waals surface area contributed by atoms with Gasteiger partial charge in [-0.3, -0.25) is 4.79 Å². The highest BCUT2D eigenvalue weighted by molar-refractivity contribution is 5.91. The van der Waals surface area contributed by atoms with E-state index in [-0.39, 0.29) is 19.1 Å². The third-order valence-corrected chi connectivity index (χ3v) is 1.88. The molecule has 5 heteroatoms. The Labute approximate surface area is 93.4 Å². The van der Waals surface area contributed by atoms with Crippen molar-refractivity contribution in [3.05, 3.63) is 29.7 Å². The molecule has 1 amide bonds. The second-order valence-electron chi connectivity index (χ2n) is 3.36. The van der Waals surface area contributed by atoms with Gasteiger partial charge in [-0.05, 0) is 25.1 Å². The number of rotatable bonds is 5. The number of nitrogens with one attached hydrogen (secondary N) is 1. The summed E-state index contributed by atoms with van der Waals surface area (Å²) in [5.41, 5.74) is 0. The third-order valence-electron chi connectivity index (χ3n) is 1.88. The molecule has 16 heavy (non-hydrogen) atoms. The number of carbonyl (C=O) groups is 1. The summed E-state index contributed by atoms with van der Waals surface area (Å²) >= 11 is 0. The molecule has 0 saturated heterocycles. The van der Waals surface area contributed by atoms with Crippen LogP contribution in [0.1, 0.15) is 11.5 Å². The van der Waals surface area contributed by atoms with Gasteiger partial charge in [0, 0.05) is 12.6 Å². The lowest BCUT2D eigenvalue weighted by Gasteiger charge is -2.06. The molecule has 0 fully saturated rings. The van der Waals surface area contributed by atoms with Crippen LogP contribution in [0.3, 0.4) is 0 Å². The van der Waals surface area contributed by atoms with Crippen LogP contribution in [0.4, 0.5) is 0 Å². The van der Waals surface area contributed by atoms with Gasteiger partial charge in [0.25, 0.3) is 0 Å². The van der Waals surface area contributed by atoms with Crippen LogP contribution in [-0.4, -0.2) is 35.4 Å². The lowest BCUT2D eigenvalue weighted by atomic mass is 10.3. The van der Waals surface area contributed by atoms with Gasteiger partial charge in [-0.25, -0.2) is 0 Å². The van der Waals surface area contributed by atoms with Crippen LogP contribution in [0.2, 0.25) is 0 Å². The molecule has 1 aromatic rings. The Balaban J connectivity index is 2.36. The van der Waals surface area contributed by atoms with Gasteiger partial charge in [0.2, 0.25) is 5.91 Å². The highest BCUT2D eigenvalue weighted by Crippen LogP contribution is 2.07. The molecule has 1 unspecified atom stereocenters. The van der Waals surface area contributed by atoms with Crippen molar-refractivity contribution in [1.29, 1.82) is 0 Å². The monoisotopic (exact) mass is 225 g/mol. The minimum absolute atomic E-state index is 0.0247. The van der Waals surface area contributed by atoms with Crippen molar-refractivity contribution in [3.63, 3.8) is 0 Å². The Kier molecular flexibility index (Phi) is 4.75. The fourth-order valence-corrected chi connectivity index (χ4v) is 1.04. The standard InChI is InChI=1S/C11H15NO4/c1-8-2-3-10(16-8)4-5-11(15)12-6-9(14)7-13/h2-5,9,13-14H,6-7H2,1H3,(H,12,15). The molecule has 0 aliphatic carbocycles. The number of aliphatic hydroxyl groups is 2. The topological polar surface area (TPSA) is 82.7 Å². The number of carbonyl (C=O) groups excluding carboxylic acids is 1. The number of hydrogen-bond donors (Lipinski definition) is 3. The van der Waals surface area contributed by atoms with E-state index in [1.807, 2.05) is 6.92 Å². The zero-order valence-corrected chi connectivity index (χ0v) is 9.01. The van der Waals surface area contributed by atoms with Crippen LogP contribution in [0, 0.1) is 6.92 Å². The van der Waals surface area contributed by atoms with Crippen molar-refractivity contribution in [1.82, 2.24) is 5.32 Å². The Bertz CT molecular complexity index is 370. The first-order valence-electron chi connectivity index (χ1n) is 4.93. The van der Waals surface area contributed by atoms with Crippen molar-refractivity contribution < 1.29 is 19.4 Å². The first-order chi connectivity index (χ1) is 7.61. The van der Waals surface area contributed by atoms with Gasteiger partial charge < -0.3 is 19.9 Å². The summed E-state index contributed by atoms with van der Waals surface area (Å²) in [6, 6.07) is 3.55. The van der Waals surface area contributed by atoms with Gasteiger partial charge in [-0.2, -0.15) is 0 Å². The lowest BCUT2D eigenvalue weighted by molar-refractivity contribution is -0.117. The summed E-state index contributed by atoms with van der Waals surface area (Å²) in [6.07, 6.45) is 1.92. The molecule has 0 radical (unpaired) electrons. The smallest absolute Gasteiger partial charge is 0.244 e. The molecular weight excluding hydrogens is 210 g/mol. The Morgan fingerprint density at radius 3 is 2.94 bits per heavy atom. The molecule has 1 atom stereocenters. The summed E-state index contributed by atoms with van der Waals surface area (Å²) in [5, 5.41) is 19.9. The minimum atomic E-state index is -0.928. The number of amides is 1. The number of hydrogen-bond acceptors (Lipinski definition) is 4. The van der Waals surface area contributed by atoms with Gasteiger partial charge in [-0.1, -0.05) is 0 Å². The summed E-state index contributed by atoms with van der Waals surface area (Å²) in [4.78, 5) is 11.2. The second-order valence-corrected chi connectivity index (χ2v) is 3.36. The van der Waals surface area contributed by atoms with E-state index in [1.165, 1.54) is 12.2 Å². The van der Waals surface area contributed by atoms with E-state index in [4.69, 9.17) is 14.6 Å². The van der Waals surface area contributed by atoms with Gasteiger partial charge in [0.05, 0.1) is 12.7 Å². The summed E-state index contributed by atoms with van der Waals surface area (Å²) in [5.74, 6) is 1.02. The molecule has 0 spiro atoms. The maximum atomic E-state index is 11.2. The predicted octanol–water partition coefficient (Wildman–Crippen LogP) is 0.0706. The van der Waals surface area contributed by atoms with E-state index in [2.05, 4.69) is 5.32 Å². The molecule has 0 aliphatic heterocycles. The van der Waals surface area contributed by atoms with E-state index in [9.17, 15) is 4.79 Å². The van der Waals surface area contributed by atoms with Gasteiger partial charge in [-0.15, -0.1) is 0 Å². The lowest BCUT2D eigenvalue weighted by Crippen LogP contribution is -2.32. The first-order valence-corrected chi connectivity index (χ1v) is 4.93. The average molecular weight is 225 g/mol. The Morgan fingerprint density at radius 1 is 1.62 bits per heavy atom. The number of aliphatic hydroxyl groups excluding tert-OH is 2.